The van der Waals surface area contributed by atoms with E-state index in [0.29, 0.717) is 16.3 Å². The number of halogens is 3. The van der Waals surface area contributed by atoms with Gasteiger partial charge >= 0.3 is 0 Å². The molecule has 0 aliphatic rings. The molecule has 0 radical (unpaired) electrons. The molecule has 0 aliphatic heterocycles. The van der Waals surface area contributed by atoms with Gasteiger partial charge < -0.3 is 4.90 Å². The molecule has 0 atom stereocenters. The van der Waals surface area contributed by atoms with E-state index in [1.807, 2.05) is 0 Å². The molecule has 0 saturated carbocycles. The third-order valence-electron chi connectivity index (χ3n) is 2.82. The van der Waals surface area contributed by atoms with Crippen LogP contribution in [0.15, 0.2) is 48.5 Å². The van der Waals surface area contributed by atoms with E-state index < -0.39 is 0 Å². The molecule has 0 aromatic heterocycles. The number of carbonyl (C=O) groups excluding carboxylic acids is 1. The third-order valence-corrected chi connectivity index (χ3v) is 3.29. The SMILES string of the molecule is O=C(CCl)N(Cc1ccccc1F)c1cccc(Cl)c1. The average molecular weight is 312 g/mol. The van der Waals surface area contributed by atoms with Crippen LogP contribution in [-0.2, 0) is 11.3 Å². The molecular formula is C15H12Cl2FNO. The Morgan fingerprint density at radius 2 is 1.90 bits per heavy atom. The quantitative estimate of drug-likeness (QED) is 0.773. The summed E-state index contributed by atoms with van der Waals surface area (Å²) in [6, 6.07) is 13.1. The highest BCUT2D eigenvalue weighted by Gasteiger charge is 2.17. The number of hydrogen-bond donors (Lipinski definition) is 0. The topological polar surface area (TPSA) is 20.3 Å². The van der Waals surface area contributed by atoms with Gasteiger partial charge in [-0.25, -0.2) is 4.39 Å². The second-order valence-electron chi connectivity index (χ2n) is 4.18. The minimum atomic E-state index is -0.359. The van der Waals surface area contributed by atoms with E-state index in [-0.39, 0.29) is 24.1 Å². The molecule has 104 valence electrons. The van der Waals surface area contributed by atoms with E-state index in [1.165, 1.54) is 11.0 Å². The summed E-state index contributed by atoms with van der Waals surface area (Å²) >= 11 is 11.6. The van der Waals surface area contributed by atoms with Crippen molar-refractivity contribution in [3.63, 3.8) is 0 Å². The molecule has 0 unspecified atom stereocenters. The molecule has 0 saturated heterocycles. The molecule has 0 bridgehead atoms. The number of rotatable bonds is 4. The molecule has 2 aromatic rings. The van der Waals surface area contributed by atoms with Gasteiger partial charge in [0.25, 0.3) is 0 Å². The van der Waals surface area contributed by atoms with Crippen LogP contribution in [0, 0.1) is 5.82 Å². The van der Waals surface area contributed by atoms with E-state index >= 15 is 0 Å². The first kappa shape index (κ1) is 14.8. The van der Waals surface area contributed by atoms with Crippen LogP contribution >= 0.6 is 23.2 Å². The Morgan fingerprint density at radius 1 is 1.15 bits per heavy atom. The Labute approximate surface area is 126 Å². The minimum absolute atomic E-state index is 0.110. The maximum atomic E-state index is 13.7. The summed E-state index contributed by atoms with van der Waals surface area (Å²) in [4.78, 5) is 13.4. The third kappa shape index (κ3) is 3.50. The molecule has 2 rings (SSSR count). The van der Waals surface area contributed by atoms with Crippen molar-refractivity contribution in [2.75, 3.05) is 10.8 Å². The predicted octanol–water partition coefficient (Wildman–Crippen LogP) is 4.25. The van der Waals surface area contributed by atoms with Crippen molar-refractivity contribution in [2.24, 2.45) is 0 Å². The van der Waals surface area contributed by atoms with Crippen LogP contribution in [0.5, 0.6) is 0 Å². The molecule has 2 nitrogen and oxygen atoms in total. The number of benzene rings is 2. The van der Waals surface area contributed by atoms with E-state index in [4.69, 9.17) is 23.2 Å². The summed E-state index contributed by atoms with van der Waals surface area (Å²) < 4.78 is 13.7. The summed E-state index contributed by atoms with van der Waals surface area (Å²) in [6.07, 6.45) is 0. The van der Waals surface area contributed by atoms with Crippen molar-refractivity contribution in [2.45, 2.75) is 6.54 Å². The van der Waals surface area contributed by atoms with E-state index in [1.54, 1.807) is 42.5 Å². The maximum absolute atomic E-state index is 13.7. The van der Waals surface area contributed by atoms with E-state index in [2.05, 4.69) is 0 Å². The Balaban J connectivity index is 2.34. The van der Waals surface area contributed by atoms with Crippen molar-refractivity contribution in [1.29, 1.82) is 0 Å². The molecule has 20 heavy (non-hydrogen) atoms. The molecule has 1 amide bonds. The van der Waals surface area contributed by atoms with Crippen molar-refractivity contribution in [3.8, 4) is 0 Å². The summed E-state index contributed by atoms with van der Waals surface area (Å²) in [7, 11) is 0. The largest absolute Gasteiger partial charge is 0.307 e. The van der Waals surface area contributed by atoms with Gasteiger partial charge in [0.05, 0.1) is 6.54 Å². The van der Waals surface area contributed by atoms with E-state index in [0.717, 1.165) is 0 Å². The molecule has 0 N–H and O–H groups in total. The van der Waals surface area contributed by atoms with Crippen LogP contribution in [0.4, 0.5) is 10.1 Å². The summed E-state index contributed by atoms with van der Waals surface area (Å²) in [5.41, 5.74) is 1.01. The first-order valence-electron chi connectivity index (χ1n) is 5.97. The molecular weight excluding hydrogens is 300 g/mol. The molecule has 2 aromatic carbocycles. The van der Waals surface area contributed by atoms with Crippen LogP contribution in [0.3, 0.4) is 0 Å². The molecule has 0 heterocycles. The minimum Gasteiger partial charge on any atom is -0.307 e. The van der Waals surface area contributed by atoms with Gasteiger partial charge in [0, 0.05) is 16.3 Å². The molecule has 0 spiro atoms. The van der Waals surface area contributed by atoms with Gasteiger partial charge in [-0.15, -0.1) is 11.6 Å². The molecule has 0 fully saturated rings. The maximum Gasteiger partial charge on any atom is 0.242 e. The smallest absolute Gasteiger partial charge is 0.242 e. The van der Waals surface area contributed by atoms with Gasteiger partial charge in [-0.2, -0.15) is 0 Å². The Kier molecular flexibility index (Phi) is 4.99. The average Bonchev–Trinajstić information content (AvgIpc) is 2.45. The van der Waals surface area contributed by atoms with Crippen LogP contribution in [0.1, 0.15) is 5.56 Å². The van der Waals surface area contributed by atoms with Crippen LogP contribution in [0.25, 0.3) is 0 Å². The Morgan fingerprint density at radius 3 is 2.55 bits per heavy atom. The lowest BCUT2D eigenvalue weighted by Crippen LogP contribution is -2.31. The van der Waals surface area contributed by atoms with Gasteiger partial charge in [-0.3, -0.25) is 4.79 Å². The van der Waals surface area contributed by atoms with Crippen molar-refractivity contribution < 1.29 is 9.18 Å². The Hall–Kier alpha value is -1.58. The number of anilines is 1. The predicted molar refractivity (Wildman–Crippen MR) is 79.8 cm³/mol. The van der Waals surface area contributed by atoms with Gasteiger partial charge in [0.2, 0.25) is 5.91 Å². The fraction of sp³-hybridized carbons (Fsp3) is 0.133. The molecule has 5 heteroatoms. The first-order valence-corrected chi connectivity index (χ1v) is 6.88. The fourth-order valence-electron chi connectivity index (χ4n) is 1.84. The Bertz CT molecular complexity index is 618. The van der Waals surface area contributed by atoms with Gasteiger partial charge in [0.15, 0.2) is 0 Å². The zero-order chi connectivity index (χ0) is 14.5. The second kappa shape index (κ2) is 6.73. The van der Waals surface area contributed by atoms with Gasteiger partial charge in [-0.05, 0) is 24.3 Å². The normalized spacial score (nSPS) is 10.3. The summed E-state index contributed by atoms with van der Waals surface area (Å²) in [5, 5.41) is 0.503. The second-order valence-corrected chi connectivity index (χ2v) is 4.89. The lowest BCUT2D eigenvalue weighted by Gasteiger charge is -2.22. The first-order chi connectivity index (χ1) is 9.61. The lowest BCUT2D eigenvalue weighted by molar-refractivity contribution is -0.116. The molecule has 0 aliphatic carbocycles. The lowest BCUT2D eigenvalue weighted by atomic mass is 10.2. The van der Waals surface area contributed by atoms with E-state index in [9.17, 15) is 9.18 Å². The number of hydrogen-bond acceptors (Lipinski definition) is 1. The monoisotopic (exact) mass is 311 g/mol. The summed E-state index contributed by atoms with van der Waals surface area (Å²) in [5.74, 6) is -0.847. The van der Waals surface area contributed by atoms with Crippen molar-refractivity contribution in [3.05, 3.63) is 64.9 Å². The number of carbonyl (C=O) groups is 1. The number of nitrogens with zero attached hydrogens (tertiary/aromatic N) is 1. The zero-order valence-electron chi connectivity index (χ0n) is 10.5. The highest BCUT2D eigenvalue weighted by molar-refractivity contribution is 6.31. The fourth-order valence-corrected chi connectivity index (χ4v) is 2.17. The van der Waals surface area contributed by atoms with Crippen LogP contribution < -0.4 is 4.90 Å². The number of alkyl halides is 1. The highest BCUT2D eigenvalue weighted by Crippen LogP contribution is 2.22. The highest BCUT2D eigenvalue weighted by atomic mass is 35.5. The summed E-state index contributed by atoms with van der Waals surface area (Å²) in [6.45, 7) is 0.110. The van der Waals surface area contributed by atoms with Crippen LogP contribution in [-0.4, -0.2) is 11.8 Å². The van der Waals surface area contributed by atoms with Gasteiger partial charge in [0.1, 0.15) is 11.7 Å². The zero-order valence-corrected chi connectivity index (χ0v) is 12.0. The van der Waals surface area contributed by atoms with Gasteiger partial charge in [-0.1, -0.05) is 35.9 Å². The van der Waals surface area contributed by atoms with Crippen LogP contribution in [0.2, 0.25) is 5.02 Å². The standard InChI is InChI=1S/C15H12Cl2FNO/c16-9-15(20)19(13-6-3-5-12(17)8-13)10-11-4-1-2-7-14(11)18/h1-8H,9-10H2. The number of amides is 1. The van der Waals surface area contributed by atoms with Crippen molar-refractivity contribution in [1.82, 2.24) is 0 Å². The van der Waals surface area contributed by atoms with Crippen molar-refractivity contribution >= 4 is 34.8 Å².